The van der Waals surface area contributed by atoms with Crippen molar-refractivity contribution >= 4 is 6.09 Å². The molecule has 2 aliphatic rings. The van der Waals surface area contributed by atoms with Gasteiger partial charge in [-0.15, -0.1) is 0 Å². The smallest absolute Gasteiger partial charge is 0.410 e. The summed E-state index contributed by atoms with van der Waals surface area (Å²) in [4.78, 5) is 16.7. The summed E-state index contributed by atoms with van der Waals surface area (Å²) < 4.78 is 5.47. The number of piperidine rings is 1. The van der Waals surface area contributed by atoms with Crippen LogP contribution in [-0.2, 0) is 11.3 Å². The van der Waals surface area contributed by atoms with Crippen LogP contribution >= 0.6 is 0 Å². The lowest BCUT2D eigenvalue weighted by atomic mass is 9.92. The highest BCUT2D eigenvalue weighted by Crippen LogP contribution is 2.26. The van der Waals surface area contributed by atoms with E-state index in [0.717, 1.165) is 63.8 Å². The lowest BCUT2D eigenvalue weighted by molar-refractivity contribution is -0.0180. The van der Waals surface area contributed by atoms with Crippen LogP contribution in [0.2, 0.25) is 0 Å². The normalized spacial score (nSPS) is 24.6. The van der Waals surface area contributed by atoms with Gasteiger partial charge >= 0.3 is 6.09 Å². The standard InChI is InChI=1S/C20H30N2O3/c1-20(24)10-14-21(15-11-20)18-8-5-12-22(13-9-18)19(23)25-16-17-6-3-2-4-7-17/h2-4,6-7,18,24H,5,8-16H2,1H3/t18-/m0/s1. The molecule has 3 rings (SSSR count). The Labute approximate surface area is 150 Å². The molecule has 2 heterocycles. The van der Waals surface area contributed by atoms with Crippen molar-refractivity contribution in [3.63, 3.8) is 0 Å². The molecule has 1 aromatic rings. The molecule has 0 spiro atoms. The van der Waals surface area contributed by atoms with E-state index < -0.39 is 5.60 Å². The van der Waals surface area contributed by atoms with Gasteiger partial charge in [-0.1, -0.05) is 30.3 Å². The van der Waals surface area contributed by atoms with Crippen molar-refractivity contribution in [2.75, 3.05) is 26.2 Å². The summed E-state index contributed by atoms with van der Waals surface area (Å²) in [5.41, 5.74) is 0.512. The van der Waals surface area contributed by atoms with E-state index in [2.05, 4.69) is 4.90 Å². The minimum absolute atomic E-state index is 0.203. The van der Waals surface area contributed by atoms with Crippen LogP contribution in [0.25, 0.3) is 0 Å². The summed E-state index contributed by atoms with van der Waals surface area (Å²) in [5, 5.41) is 10.1. The molecule has 5 heteroatoms. The highest BCUT2D eigenvalue weighted by Gasteiger charge is 2.32. The molecule has 1 amide bonds. The largest absolute Gasteiger partial charge is 0.445 e. The molecule has 2 aliphatic heterocycles. The van der Waals surface area contributed by atoms with E-state index in [9.17, 15) is 9.90 Å². The Morgan fingerprint density at radius 3 is 2.60 bits per heavy atom. The number of benzene rings is 1. The van der Waals surface area contributed by atoms with Crippen LogP contribution < -0.4 is 0 Å². The molecule has 1 N–H and O–H groups in total. The number of carbonyl (C=O) groups excluding carboxylic acids is 1. The van der Waals surface area contributed by atoms with Crippen molar-refractivity contribution in [3.8, 4) is 0 Å². The van der Waals surface area contributed by atoms with Crippen molar-refractivity contribution in [1.29, 1.82) is 0 Å². The number of nitrogens with zero attached hydrogens (tertiary/aromatic N) is 2. The van der Waals surface area contributed by atoms with Gasteiger partial charge in [0.2, 0.25) is 0 Å². The molecule has 0 aliphatic carbocycles. The van der Waals surface area contributed by atoms with Gasteiger partial charge in [0.1, 0.15) is 6.61 Å². The first-order valence-electron chi connectivity index (χ1n) is 9.46. The fraction of sp³-hybridized carbons (Fsp3) is 0.650. The Balaban J connectivity index is 1.45. The summed E-state index contributed by atoms with van der Waals surface area (Å²) in [7, 11) is 0. The molecule has 0 saturated carbocycles. The zero-order valence-corrected chi connectivity index (χ0v) is 15.2. The van der Waals surface area contributed by atoms with Gasteiger partial charge in [0.25, 0.3) is 0 Å². The third kappa shape index (κ3) is 5.19. The van der Waals surface area contributed by atoms with Crippen LogP contribution in [-0.4, -0.2) is 58.8 Å². The van der Waals surface area contributed by atoms with Crippen LogP contribution in [0.4, 0.5) is 4.79 Å². The molecule has 0 unspecified atom stereocenters. The van der Waals surface area contributed by atoms with Crippen molar-refractivity contribution < 1.29 is 14.6 Å². The van der Waals surface area contributed by atoms with E-state index in [-0.39, 0.29) is 6.09 Å². The number of rotatable bonds is 3. The molecular weight excluding hydrogens is 316 g/mol. The topological polar surface area (TPSA) is 53.0 Å². The van der Waals surface area contributed by atoms with E-state index in [4.69, 9.17) is 4.74 Å². The average molecular weight is 346 g/mol. The quantitative estimate of drug-likeness (QED) is 0.914. The van der Waals surface area contributed by atoms with E-state index >= 15 is 0 Å². The van der Waals surface area contributed by atoms with Gasteiger partial charge in [-0.25, -0.2) is 4.79 Å². The Morgan fingerprint density at radius 2 is 1.88 bits per heavy atom. The lowest BCUT2D eigenvalue weighted by Crippen LogP contribution is -2.47. The number of hydrogen-bond acceptors (Lipinski definition) is 4. The molecule has 1 atom stereocenters. The second-order valence-corrected chi connectivity index (χ2v) is 7.64. The lowest BCUT2D eigenvalue weighted by Gasteiger charge is -2.40. The number of hydrogen-bond donors (Lipinski definition) is 1. The molecule has 2 saturated heterocycles. The Hall–Kier alpha value is -1.59. The van der Waals surface area contributed by atoms with Gasteiger partial charge in [-0.05, 0) is 44.6 Å². The fourth-order valence-corrected chi connectivity index (χ4v) is 3.81. The van der Waals surface area contributed by atoms with Gasteiger partial charge < -0.3 is 19.6 Å². The second-order valence-electron chi connectivity index (χ2n) is 7.64. The predicted molar refractivity (Wildman–Crippen MR) is 97.3 cm³/mol. The third-order valence-corrected chi connectivity index (χ3v) is 5.55. The van der Waals surface area contributed by atoms with Crippen molar-refractivity contribution in [2.24, 2.45) is 0 Å². The summed E-state index contributed by atoms with van der Waals surface area (Å²) in [6, 6.07) is 10.3. The minimum atomic E-state index is -0.505. The van der Waals surface area contributed by atoms with Crippen molar-refractivity contribution in [2.45, 2.75) is 57.3 Å². The molecule has 0 radical (unpaired) electrons. The van der Waals surface area contributed by atoms with Crippen LogP contribution in [0.3, 0.4) is 0 Å². The number of amides is 1. The summed E-state index contributed by atoms with van der Waals surface area (Å²) in [6.45, 7) is 5.70. The first-order valence-corrected chi connectivity index (χ1v) is 9.46. The molecule has 1 aromatic carbocycles. The second kappa shape index (κ2) is 8.19. The predicted octanol–water partition coefficient (Wildman–Crippen LogP) is 3.02. The van der Waals surface area contributed by atoms with Gasteiger partial charge in [-0.2, -0.15) is 0 Å². The van der Waals surface area contributed by atoms with Crippen LogP contribution in [0.1, 0.15) is 44.6 Å². The Bertz CT molecular complexity index is 551. The monoisotopic (exact) mass is 346 g/mol. The Morgan fingerprint density at radius 1 is 1.16 bits per heavy atom. The maximum atomic E-state index is 12.3. The molecule has 0 bridgehead atoms. The number of likely N-dealkylation sites (tertiary alicyclic amines) is 2. The first-order chi connectivity index (χ1) is 12.0. The van der Waals surface area contributed by atoms with Gasteiger partial charge in [0.15, 0.2) is 0 Å². The molecule has 2 fully saturated rings. The highest BCUT2D eigenvalue weighted by atomic mass is 16.6. The maximum Gasteiger partial charge on any atom is 0.410 e. The molecular formula is C20H30N2O3. The first kappa shape index (κ1) is 18.2. The van der Waals surface area contributed by atoms with Crippen molar-refractivity contribution in [1.82, 2.24) is 9.80 Å². The number of carbonyl (C=O) groups is 1. The van der Waals surface area contributed by atoms with Crippen molar-refractivity contribution in [3.05, 3.63) is 35.9 Å². The summed E-state index contributed by atoms with van der Waals surface area (Å²) in [5.74, 6) is 0. The summed E-state index contributed by atoms with van der Waals surface area (Å²) in [6.07, 6.45) is 4.59. The van der Waals surface area contributed by atoms with E-state index in [1.54, 1.807) is 0 Å². The van der Waals surface area contributed by atoms with Gasteiger partial charge in [0.05, 0.1) is 5.60 Å². The minimum Gasteiger partial charge on any atom is -0.445 e. The molecule has 25 heavy (non-hydrogen) atoms. The van der Waals surface area contributed by atoms with Crippen LogP contribution in [0.15, 0.2) is 30.3 Å². The zero-order chi connectivity index (χ0) is 17.7. The SMILES string of the molecule is CC1(O)CCN([C@H]2CCCN(C(=O)OCc3ccccc3)CC2)CC1. The van der Waals surface area contributed by atoms with Crippen LogP contribution in [0, 0.1) is 0 Å². The highest BCUT2D eigenvalue weighted by molar-refractivity contribution is 5.67. The van der Waals surface area contributed by atoms with E-state index in [0.29, 0.717) is 12.6 Å². The Kier molecular flexibility index (Phi) is 5.97. The molecule has 0 aromatic heterocycles. The van der Waals surface area contributed by atoms with E-state index in [1.165, 1.54) is 0 Å². The number of aliphatic hydroxyl groups is 1. The number of ether oxygens (including phenoxy) is 1. The molecule has 138 valence electrons. The molecule has 5 nitrogen and oxygen atoms in total. The zero-order valence-electron chi connectivity index (χ0n) is 15.2. The third-order valence-electron chi connectivity index (χ3n) is 5.55. The fourth-order valence-electron chi connectivity index (χ4n) is 3.81. The van der Waals surface area contributed by atoms with Crippen LogP contribution in [0.5, 0.6) is 0 Å². The average Bonchev–Trinajstić information content (AvgIpc) is 2.87. The van der Waals surface area contributed by atoms with Gasteiger partial charge in [-0.3, -0.25) is 0 Å². The van der Waals surface area contributed by atoms with E-state index in [1.807, 2.05) is 42.2 Å². The van der Waals surface area contributed by atoms with Gasteiger partial charge in [0, 0.05) is 32.2 Å². The summed E-state index contributed by atoms with van der Waals surface area (Å²) >= 11 is 0. The maximum absolute atomic E-state index is 12.3.